The van der Waals surface area contributed by atoms with Gasteiger partial charge < -0.3 is 5.11 Å². The molecule has 0 saturated heterocycles. The van der Waals surface area contributed by atoms with Crippen molar-refractivity contribution >= 4 is 29.3 Å². The lowest BCUT2D eigenvalue weighted by molar-refractivity contribution is -0.133. The Kier molecular flexibility index (Phi) is 5.35. The number of rotatable bonds is 6. The zero-order valence-electron chi connectivity index (χ0n) is 12.9. The summed E-state index contributed by atoms with van der Waals surface area (Å²) >= 11 is 7.31. The van der Waals surface area contributed by atoms with Gasteiger partial charge in [0.15, 0.2) is 5.16 Å². The van der Waals surface area contributed by atoms with Crippen LogP contribution in [0.1, 0.15) is 11.4 Å². The molecule has 3 aromatic rings. The molecule has 1 aromatic heterocycles. The smallest absolute Gasteiger partial charge is 0.313 e. The number of para-hydroxylation sites is 1. The molecule has 0 spiro atoms. The number of thioether (sulfide) groups is 1. The van der Waals surface area contributed by atoms with Gasteiger partial charge in [-0.05, 0) is 23.8 Å². The Morgan fingerprint density at radius 2 is 1.88 bits per heavy atom. The van der Waals surface area contributed by atoms with E-state index in [1.807, 2.05) is 0 Å². The van der Waals surface area contributed by atoms with Gasteiger partial charge in [-0.25, -0.2) is 4.39 Å². The van der Waals surface area contributed by atoms with Crippen molar-refractivity contribution in [1.29, 1.82) is 0 Å². The molecule has 1 heterocycles. The fourth-order valence-electron chi connectivity index (χ4n) is 2.32. The maximum atomic E-state index is 14.0. The first kappa shape index (κ1) is 17.4. The molecule has 0 aliphatic rings. The number of carbonyl (C=O) groups is 1. The van der Waals surface area contributed by atoms with Gasteiger partial charge in [-0.15, -0.1) is 10.2 Å². The fourth-order valence-corrected chi connectivity index (χ4v) is 3.23. The van der Waals surface area contributed by atoms with E-state index in [0.29, 0.717) is 27.3 Å². The van der Waals surface area contributed by atoms with Crippen molar-refractivity contribution in [2.24, 2.45) is 0 Å². The molecule has 0 unspecified atom stereocenters. The van der Waals surface area contributed by atoms with E-state index < -0.39 is 5.97 Å². The highest BCUT2D eigenvalue weighted by molar-refractivity contribution is 7.99. The number of carboxylic acids is 1. The molecule has 128 valence electrons. The lowest BCUT2D eigenvalue weighted by atomic mass is 10.1. The molecule has 25 heavy (non-hydrogen) atoms. The Bertz CT molecular complexity index is 916. The number of hydrogen-bond acceptors (Lipinski definition) is 4. The van der Waals surface area contributed by atoms with E-state index in [-0.39, 0.29) is 18.0 Å². The molecular formula is C17H13ClFN3O2S. The number of benzene rings is 2. The number of hydrogen-bond donors (Lipinski definition) is 1. The molecule has 0 atom stereocenters. The summed E-state index contributed by atoms with van der Waals surface area (Å²) in [5.41, 5.74) is 1.09. The van der Waals surface area contributed by atoms with Crippen LogP contribution in [-0.2, 0) is 11.2 Å². The van der Waals surface area contributed by atoms with E-state index in [1.165, 1.54) is 6.07 Å². The average Bonchev–Trinajstić information content (AvgIpc) is 2.98. The van der Waals surface area contributed by atoms with Gasteiger partial charge in [-0.2, -0.15) is 0 Å². The minimum atomic E-state index is -0.964. The Morgan fingerprint density at radius 3 is 2.60 bits per heavy atom. The van der Waals surface area contributed by atoms with Crippen LogP contribution in [-0.4, -0.2) is 31.6 Å². The number of aliphatic carboxylic acids is 1. The normalized spacial score (nSPS) is 10.8. The molecule has 3 rings (SSSR count). The van der Waals surface area contributed by atoms with Crippen LogP contribution in [0.15, 0.2) is 53.7 Å². The Labute approximate surface area is 152 Å². The van der Waals surface area contributed by atoms with E-state index in [2.05, 4.69) is 10.2 Å². The van der Waals surface area contributed by atoms with Crippen LogP contribution in [0.3, 0.4) is 0 Å². The summed E-state index contributed by atoms with van der Waals surface area (Å²) in [7, 11) is 0. The van der Waals surface area contributed by atoms with Gasteiger partial charge in [0.1, 0.15) is 11.6 Å². The summed E-state index contributed by atoms with van der Waals surface area (Å²) in [5.74, 6) is -0.987. The number of halogens is 2. The molecule has 0 bridgehead atoms. The van der Waals surface area contributed by atoms with Crippen molar-refractivity contribution in [1.82, 2.24) is 14.8 Å². The van der Waals surface area contributed by atoms with Crippen LogP contribution in [0.4, 0.5) is 4.39 Å². The third-order valence-electron chi connectivity index (χ3n) is 3.42. The number of nitrogens with zero attached hydrogens (tertiary/aromatic N) is 3. The van der Waals surface area contributed by atoms with Gasteiger partial charge in [0.2, 0.25) is 0 Å². The zero-order valence-corrected chi connectivity index (χ0v) is 14.5. The van der Waals surface area contributed by atoms with Crippen LogP contribution >= 0.6 is 23.4 Å². The molecule has 8 heteroatoms. The summed E-state index contributed by atoms with van der Waals surface area (Å²) in [4.78, 5) is 10.9. The largest absolute Gasteiger partial charge is 0.481 e. The Morgan fingerprint density at radius 1 is 1.16 bits per heavy atom. The molecule has 0 amide bonds. The highest BCUT2D eigenvalue weighted by atomic mass is 35.5. The minimum absolute atomic E-state index is 0.164. The Balaban J connectivity index is 2.05. The molecule has 0 radical (unpaired) electrons. The molecule has 2 aromatic carbocycles. The highest BCUT2D eigenvalue weighted by Gasteiger charge is 2.18. The van der Waals surface area contributed by atoms with Crippen molar-refractivity contribution in [3.05, 3.63) is 70.8 Å². The van der Waals surface area contributed by atoms with E-state index in [0.717, 1.165) is 11.8 Å². The van der Waals surface area contributed by atoms with Crippen LogP contribution in [0.2, 0.25) is 5.02 Å². The standard InChI is InChI=1S/C17H13ClFN3O2S/c18-12-6-2-4-8-14(12)22-15(9-11-5-1-3-7-13(11)19)20-21-17(22)25-10-16(23)24/h1-8H,9-10H2,(H,23,24). The summed E-state index contributed by atoms with van der Waals surface area (Å²) in [6.07, 6.45) is 0.207. The monoisotopic (exact) mass is 377 g/mol. The van der Waals surface area contributed by atoms with Crippen molar-refractivity contribution in [2.75, 3.05) is 5.75 Å². The van der Waals surface area contributed by atoms with Crippen molar-refractivity contribution in [3.63, 3.8) is 0 Å². The topological polar surface area (TPSA) is 68.0 Å². The van der Waals surface area contributed by atoms with Crippen LogP contribution in [0.25, 0.3) is 5.69 Å². The first-order chi connectivity index (χ1) is 12.1. The van der Waals surface area contributed by atoms with E-state index >= 15 is 0 Å². The SMILES string of the molecule is O=C(O)CSc1nnc(Cc2ccccc2F)n1-c1ccccc1Cl. The first-order valence-electron chi connectivity index (χ1n) is 7.33. The van der Waals surface area contributed by atoms with E-state index in [4.69, 9.17) is 16.7 Å². The number of carboxylic acid groups (broad SMARTS) is 1. The predicted molar refractivity (Wildman–Crippen MR) is 93.9 cm³/mol. The van der Waals surface area contributed by atoms with Gasteiger partial charge in [0.05, 0.1) is 16.5 Å². The summed E-state index contributed by atoms with van der Waals surface area (Å²) in [6.45, 7) is 0. The molecule has 0 aliphatic heterocycles. The van der Waals surface area contributed by atoms with Crippen LogP contribution in [0.5, 0.6) is 0 Å². The first-order valence-corrected chi connectivity index (χ1v) is 8.70. The van der Waals surface area contributed by atoms with Gasteiger partial charge in [0.25, 0.3) is 0 Å². The fraction of sp³-hybridized carbons (Fsp3) is 0.118. The molecule has 0 saturated carbocycles. The zero-order chi connectivity index (χ0) is 17.8. The maximum absolute atomic E-state index is 14.0. The highest BCUT2D eigenvalue weighted by Crippen LogP contribution is 2.28. The van der Waals surface area contributed by atoms with Gasteiger partial charge in [-0.1, -0.05) is 53.7 Å². The summed E-state index contributed by atoms with van der Waals surface area (Å²) in [5, 5.41) is 18.0. The Hall–Kier alpha value is -2.38. The molecular weight excluding hydrogens is 365 g/mol. The number of aromatic nitrogens is 3. The lowest BCUT2D eigenvalue weighted by Crippen LogP contribution is -2.06. The average molecular weight is 378 g/mol. The van der Waals surface area contributed by atoms with Gasteiger partial charge >= 0.3 is 5.97 Å². The molecule has 1 N–H and O–H groups in total. The lowest BCUT2D eigenvalue weighted by Gasteiger charge is -2.11. The van der Waals surface area contributed by atoms with Gasteiger partial charge in [0, 0.05) is 6.42 Å². The van der Waals surface area contributed by atoms with E-state index in [1.54, 1.807) is 47.0 Å². The second kappa shape index (κ2) is 7.67. The summed E-state index contributed by atoms with van der Waals surface area (Å²) < 4.78 is 15.7. The molecule has 0 fully saturated rings. The second-order valence-electron chi connectivity index (χ2n) is 5.14. The minimum Gasteiger partial charge on any atom is -0.481 e. The van der Waals surface area contributed by atoms with Crippen molar-refractivity contribution < 1.29 is 14.3 Å². The summed E-state index contributed by atoms with van der Waals surface area (Å²) in [6, 6.07) is 13.5. The van der Waals surface area contributed by atoms with Crippen LogP contribution in [0, 0.1) is 5.82 Å². The predicted octanol–water partition coefficient (Wildman–Crippen LogP) is 3.83. The van der Waals surface area contributed by atoms with E-state index in [9.17, 15) is 9.18 Å². The van der Waals surface area contributed by atoms with Crippen LogP contribution < -0.4 is 0 Å². The van der Waals surface area contributed by atoms with Crippen molar-refractivity contribution in [2.45, 2.75) is 11.6 Å². The maximum Gasteiger partial charge on any atom is 0.313 e. The second-order valence-corrected chi connectivity index (χ2v) is 6.49. The third-order valence-corrected chi connectivity index (χ3v) is 4.66. The third kappa shape index (κ3) is 4.00. The molecule has 0 aliphatic carbocycles. The molecule has 5 nitrogen and oxygen atoms in total. The van der Waals surface area contributed by atoms with Crippen molar-refractivity contribution in [3.8, 4) is 5.69 Å². The van der Waals surface area contributed by atoms with Gasteiger partial charge in [-0.3, -0.25) is 9.36 Å². The quantitative estimate of drug-likeness (QED) is 0.661.